The third kappa shape index (κ3) is 44.5. The van der Waals surface area contributed by atoms with Gasteiger partial charge in [0.15, 0.2) is 18.9 Å². The van der Waals surface area contributed by atoms with E-state index in [0.29, 0.717) is 83.5 Å². The minimum absolute atomic E-state index is 0.000466. The largest absolute Gasteiger partial charge is 0.394 e. The second-order valence-corrected chi connectivity index (χ2v) is 30.9. The maximum atomic E-state index is 14.0. The third-order valence-electron chi connectivity index (χ3n) is 19.0. The van der Waals surface area contributed by atoms with Crippen molar-refractivity contribution in [3.8, 4) is 0 Å². The van der Waals surface area contributed by atoms with Crippen LogP contribution in [0, 0.1) is 5.41 Å². The summed E-state index contributed by atoms with van der Waals surface area (Å²) >= 11 is 0. The normalized spacial score (nSPS) is 24.0. The Balaban J connectivity index is 1.57. The van der Waals surface area contributed by atoms with E-state index in [0.717, 1.165) is 32.1 Å². The van der Waals surface area contributed by atoms with E-state index in [4.69, 9.17) is 42.6 Å². The molecule has 9 amide bonds. The predicted octanol–water partition coefficient (Wildman–Crippen LogP) is -2.32. The van der Waals surface area contributed by atoms with Crippen LogP contribution in [0.1, 0.15) is 208 Å². The average Bonchev–Trinajstić information content (AvgIpc) is 0.818. The molecule has 664 valence electrons. The van der Waals surface area contributed by atoms with Gasteiger partial charge in [-0.05, 0) is 82.5 Å². The zero-order valence-corrected chi connectivity index (χ0v) is 68.3. The van der Waals surface area contributed by atoms with Gasteiger partial charge in [-0.2, -0.15) is 0 Å². The molecule has 3 fully saturated rings. The van der Waals surface area contributed by atoms with E-state index in [9.17, 15) is 98.7 Å². The number of aliphatic hydroxyl groups is 9. The van der Waals surface area contributed by atoms with Crippen LogP contribution >= 0.6 is 0 Å². The van der Waals surface area contributed by atoms with Gasteiger partial charge in [0.25, 0.3) is 0 Å². The summed E-state index contributed by atoms with van der Waals surface area (Å²) in [7, 11) is 0. The average molecular weight is 1650 g/mol. The van der Waals surface area contributed by atoms with Gasteiger partial charge in [-0.25, -0.2) is 0 Å². The van der Waals surface area contributed by atoms with Gasteiger partial charge in [0.05, 0.1) is 59.5 Å². The summed E-state index contributed by atoms with van der Waals surface area (Å²) in [4.78, 5) is 139. The summed E-state index contributed by atoms with van der Waals surface area (Å²) in [6, 6.07) is -3.27. The standard InChI is InChI=1S/C77H137N9O29/c1-50(90)83-64-70(104)67(101)55(44-87)113-73(64)110-37-18-14-24-53(93)23-13-17-32-78-60(97)29-40-107-47-77(86-63(100)28-12-10-8-7-9-11-25-54(94)43-76(4,5)6,48-108-41-30-61(98)81-35-21-33-79-58(95)26-15-19-38-111-74-65(84-51(2)91)71(105)68(102)56(45-88)114-74)49-109-42-31-62(99)82-36-22-34-80-59(96)27-16-20-39-112-75-66(85-52(3)92)72(106)69(103)57(46-89)115-75/h55-57,64-75,87-89,101-106H,7-49H2,1-6H3,(H,78,97)(H,79,95)(H,80,96)(H,81,98)(H,82,99)(H,83,90)(H,84,91)(H,85,92)(H,86,100)/t55?,56?,57?,64?,65?,66?,67-,68-,69-,70-,71-,72-,73-,74-,75-,77?/m1/s1. The van der Waals surface area contributed by atoms with Crippen molar-refractivity contribution in [2.75, 3.05) is 112 Å². The molecule has 115 heavy (non-hydrogen) atoms. The maximum absolute atomic E-state index is 14.0. The van der Waals surface area contributed by atoms with E-state index in [1.54, 1.807) is 0 Å². The minimum Gasteiger partial charge on any atom is -0.394 e. The fourth-order valence-electron chi connectivity index (χ4n) is 12.8. The first-order valence-corrected chi connectivity index (χ1v) is 40.8. The number of amides is 9. The SMILES string of the molecule is CC(=O)NC1[C@H](OCCCCC(=O)CCCCNC(=O)CCOCC(COCCC(=O)NCCCNC(=O)CCCCO[C@@H]2OC(CO)[C@@H](O)[C@H](O)C2NC(C)=O)(COCCC(=O)NCCCNC(=O)CCCCO[C@@H]2OC(CO)[C@@H](O)[C@H](O)C2NC(C)=O)NC(=O)CCCCCCCCC(=O)CC(C)(C)C)OC(CO)[C@@H](O)[C@@H]1O. The first kappa shape index (κ1) is 103. The van der Waals surface area contributed by atoms with Gasteiger partial charge < -0.3 is 136 Å². The molecule has 38 heteroatoms. The number of ether oxygens (including phenoxy) is 9. The molecule has 0 spiro atoms. The van der Waals surface area contributed by atoms with Gasteiger partial charge in [0.2, 0.25) is 53.2 Å². The van der Waals surface area contributed by atoms with Gasteiger partial charge in [0, 0.05) is 138 Å². The Morgan fingerprint density at radius 3 is 0.930 bits per heavy atom. The second-order valence-electron chi connectivity index (χ2n) is 30.9. The molecule has 3 aliphatic heterocycles. The summed E-state index contributed by atoms with van der Waals surface area (Å²) < 4.78 is 52.2. The van der Waals surface area contributed by atoms with Crippen LogP contribution in [0.4, 0.5) is 0 Å². The first-order valence-electron chi connectivity index (χ1n) is 40.8. The van der Waals surface area contributed by atoms with Crippen molar-refractivity contribution in [1.29, 1.82) is 0 Å². The monoisotopic (exact) mass is 1650 g/mol. The molecule has 0 saturated carbocycles. The lowest BCUT2D eigenvalue weighted by molar-refractivity contribution is -0.270. The number of Topliss-reactive ketones (excluding diaryl/α,β-unsaturated/α-hetero) is 2. The van der Waals surface area contributed by atoms with E-state index in [1.807, 2.05) is 20.8 Å². The quantitative estimate of drug-likeness (QED) is 0.0284. The Hall–Kier alpha value is -6.15. The van der Waals surface area contributed by atoms with Crippen LogP contribution in [0.25, 0.3) is 0 Å². The van der Waals surface area contributed by atoms with Crippen LogP contribution in [0.2, 0.25) is 0 Å². The molecule has 6 unspecified atom stereocenters. The Bertz CT molecular complexity index is 2600. The number of nitrogens with one attached hydrogen (secondary N) is 9. The molecule has 18 N–H and O–H groups in total. The van der Waals surface area contributed by atoms with Crippen LogP contribution in [0.3, 0.4) is 0 Å². The zero-order chi connectivity index (χ0) is 85.1. The van der Waals surface area contributed by atoms with Crippen LogP contribution in [-0.2, 0) is 95.4 Å². The van der Waals surface area contributed by atoms with E-state index < -0.39 is 135 Å². The number of ketones is 2. The fourth-order valence-corrected chi connectivity index (χ4v) is 12.8. The molecule has 3 rings (SSSR count). The van der Waals surface area contributed by atoms with Crippen molar-refractivity contribution < 1.29 is 141 Å². The molecular weight excluding hydrogens is 1510 g/mol. The van der Waals surface area contributed by atoms with Gasteiger partial charge in [-0.15, -0.1) is 0 Å². The topological polar surface area (TPSA) is 561 Å². The van der Waals surface area contributed by atoms with Crippen molar-refractivity contribution in [3.05, 3.63) is 0 Å². The number of hydrogen-bond donors (Lipinski definition) is 18. The van der Waals surface area contributed by atoms with E-state index in [-0.39, 0.29) is 196 Å². The van der Waals surface area contributed by atoms with Crippen molar-refractivity contribution in [2.24, 2.45) is 5.41 Å². The van der Waals surface area contributed by atoms with Crippen LogP contribution in [-0.4, -0.2) is 320 Å². The fraction of sp³-hybridized carbons (Fsp3) is 0.857. The zero-order valence-electron chi connectivity index (χ0n) is 68.3. The summed E-state index contributed by atoms with van der Waals surface area (Å²) in [5, 5.41) is 116. The van der Waals surface area contributed by atoms with Crippen molar-refractivity contribution in [1.82, 2.24) is 47.9 Å². The Morgan fingerprint density at radius 1 is 0.322 bits per heavy atom. The summed E-state index contributed by atoms with van der Waals surface area (Å²) in [5.74, 6) is -3.16. The number of aliphatic hydroxyl groups excluding tert-OH is 9. The number of carbonyl (C=O) groups is 11. The molecule has 38 nitrogen and oxygen atoms in total. The van der Waals surface area contributed by atoms with E-state index >= 15 is 0 Å². The molecule has 15 atom stereocenters. The summed E-state index contributed by atoms with van der Waals surface area (Å²) in [6.45, 7) is 8.44. The molecule has 3 aliphatic rings. The minimum atomic E-state index is -1.46. The Labute approximate surface area is 674 Å². The molecule has 0 aromatic rings. The van der Waals surface area contributed by atoms with Crippen LogP contribution in [0.5, 0.6) is 0 Å². The smallest absolute Gasteiger partial charge is 0.222 e. The number of rotatable bonds is 63. The van der Waals surface area contributed by atoms with E-state index in [2.05, 4.69) is 47.9 Å². The van der Waals surface area contributed by atoms with Crippen molar-refractivity contribution >= 4 is 64.7 Å². The molecule has 3 saturated heterocycles. The van der Waals surface area contributed by atoms with Crippen molar-refractivity contribution in [2.45, 2.75) is 306 Å². The molecule has 0 radical (unpaired) electrons. The Kier molecular flexibility index (Phi) is 52.6. The molecule has 0 aromatic carbocycles. The number of carbonyl (C=O) groups excluding carboxylic acids is 11. The highest BCUT2D eigenvalue weighted by atomic mass is 16.7. The van der Waals surface area contributed by atoms with Crippen LogP contribution in [0.15, 0.2) is 0 Å². The van der Waals surface area contributed by atoms with Crippen molar-refractivity contribution in [3.63, 3.8) is 0 Å². The summed E-state index contributed by atoms with van der Waals surface area (Å²) in [5.41, 5.74) is -1.49. The van der Waals surface area contributed by atoms with Gasteiger partial charge in [0.1, 0.15) is 90.2 Å². The molecule has 3 heterocycles. The van der Waals surface area contributed by atoms with Gasteiger partial charge >= 0.3 is 0 Å². The lowest BCUT2D eigenvalue weighted by atomic mass is 9.88. The lowest BCUT2D eigenvalue weighted by Crippen LogP contribution is -2.64. The maximum Gasteiger partial charge on any atom is 0.222 e. The number of hydrogen-bond acceptors (Lipinski definition) is 29. The third-order valence-corrected chi connectivity index (χ3v) is 19.0. The Morgan fingerprint density at radius 2 is 0.600 bits per heavy atom. The highest BCUT2D eigenvalue weighted by Crippen LogP contribution is 2.27. The highest BCUT2D eigenvalue weighted by molar-refractivity contribution is 5.80. The highest BCUT2D eigenvalue weighted by Gasteiger charge is 2.48. The first-order chi connectivity index (χ1) is 54.8. The second kappa shape index (κ2) is 58.7. The molecule has 0 aromatic heterocycles. The van der Waals surface area contributed by atoms with E-state index in [1.165, 1.54) is 20.8 Å². The molecule has 0 bridgehead atoms. The molecule has 0 aliphatic carbocycles. The predicted molar refractivity (Wildman–Crippen MR) is 412 cm³/mol. The van der Waals surface area contributed by atoms with Gasteiger partial charge in [-0.1, -0.05) is 46.5 Å². The lowest BCUT2D eigenvalue weighted by Gasteiger charge is -2.42. The molecular formula is C77H137N9O29. The van der Waals surface area contributed by atoms with Crippen LogP contribution < -0.4 is 47.9 Å². The number of unbranched alkanes of at least 4 members (excludes halogenated alkanes) is 9. The van der Waals surface area contributed by atoms with Gasteiger partial charge in [-0.3, -0.25) is 52.7 Å². The summed E-state index contributed by atoms with van der Waals surface area (Å²) in [6.07, 6.45) is -4.96.